The van der Waals surface area contributed by atoms with Crippen molar-refractivity contribution in [3.05, 3.63) is 70.7 Å². The Bertz CT molecular complexity index is 837. The highest BCUT2D eigenvalue weighted by Gasteiger charge is 2.12. The molecule has 2 aromatic rings. The summed E-state index contributed by atoms with van der Waals surface area (Å²) in [6, 6.07) is 14.9. The van der Waals surface area contributed by atoms with E-state index in [9.17, 15) is 13.2 Å². The molecule has 2 rings (SSSR count). The van der Waals surface area contributed by atoms with Crippen LogP contribution in [-0.2, 0) is 16.8 Å². The van der Waals surface area contributed by atoms with Crippen molar-refractivity contribution < 1.29 is 13.2 Å². The lowest BCUT2D eigenvalue weighted by Gasteiger charge is -2.06. The Kier molecular flexibility index (Phi) is 5.91. The first-order chi connectivity index (χ1) is 11.4. The summed E-state index contributed by atoms with van der Waals surface area (Å²) in [4.78, 5) is 11.9. The van der Waals surface area contributed by atoms with Gasteiger partial charge in [-0.2, -0.15) is 13.1 Å². The van der Waals surface area contributed by atoms with Crippen LogP contribution in [0.1, 0.15) is 15.9 Å². The van der Waals surface area contributed by atoms with E-state index in [2.05, 4.69) is 14.4 Å². The minimum atomic E-state index is -4.04. The zero-order valence-electron chi connectivity index (χ0n) is 12.4. The molecule has 9 heteroatoms. The number of hydrogen-bond donors (Lipinski definition) is 3. The molecule has 0 unspecified atom stereocenters. The van der Waals surface area contributed by atoms with Crippen LogP contribution < -0.4 is 15.8 Å². The number of guanidine groups is 1. The van der Waals surface area contributed by atoms with E-state index < -0.39 is 22.1 Å². The average molecular weight is 367 g/mol. The SMILES string of the molecule is N/C(=N/S(=O)(=O)NCc1ccccc1)NC(=O)c1ccc(Cl)cc1. The molecule has 0 fully saturated rings. The van der Waals surface area contributed by atoms with Crippen molar-refractivity contribution in [2.24, 2.45) is 10.1 Å². The Morgan fingerprint density at radius 2 is 1.71 bits per heavy atom. The maximum absolute atomic E-state index is 11.9. The molecule has 0 spiro atoms. The Balaban J connectivity index is 1.98. The summed E-state index contributed by atoms with van der Waals surface area (Å²) in [7, 11) is -4.04. The van der Waals surface area contributed by atoms with Crippen molar-refractivity contribution in [2.75, 3.05) is 0 Å². The molecule has 126 valence electrons. The quantitative estimate of drug-likeness (QED) is 0.548. The molecule has 0 saturated carbocycles. The number of halogens is 1. The summed E-state index contributed by atoms with van der Waals surface area (Å²) in [5.74, 6) is -1.12. The molecule has 4 N–H and O–H groups in total. The molecule has 24 heavy (non-hydrogen) atoms. The van der Waals surface area contributed by atoms with Crippen LogP contribution in [0.3, 0.4) is 0 Å². The monoisotopic (exact) mass is 366 g/mol. The van der Waals surface area contributed by atoms with E-state index in [4.69, 9.17) is 17.3 Å². The van der Waals surface area contributed by atoms with Crippen LogP contribution in [0.2, 0.25) is 5.02 Å². The standard InChI is InChI=1S/C15H15ClN4O3S/c16-13-8-6-12(7-9-13)14(21)19-15(17)20-24(22,23)18-10-11-4-2-1-3-5-11/h1-9,18H,10H2,(H3,17,19,20,21). The van der Waals surface area contributed by atoms with Crippen molar-refractivity contribution >= 4 is 33.7 Å². The first kappa shape index (κ1) is 17.9. The fourth-order valence-corrected chi connectivity index (χ4v) is 2.59. The predicted octanol–water partition coefficient (Wildman–Crippen LogP) is 1.42. The number of nitrogens with zero attached hydrogens (tertiary/aromatic N) is 1. The number of benzene rings is 2. The van der Waals surface area contributed by atoms with Crippen molar-refractivity contribution in [2.45, 2.75) is 6.54 Å². The molecule has 0 aliphatic heterocycles. The summed E-state index contributed by atoms with van der Waals surface area (Å²) in [5, 5.41) is 2.67. The summed E-state index contributed by atoms with van der Waals surface area (Å²) in [6.07, 6.45) is 0. The highest BCUT2D eigenvalue weighted by Crippen LogP contribution is 2.09. The number of rotatable bonds is 5. The molecule has 0 radical (unpaired) electrons. The molecule has 7 nitrogen and oxygen atoms in total. The van der Waals surface area contributed by atoms with Gasteiger partial charge in [0.05, 0.1) is 0 Å². The molecule has 0 aliphatic carbocycles. The second-order valence-corrected chi connectivity index (χ2v) is 6.58. The predicted molar refractivity (Wildman–Crippen MR) is 92.7 cm³/mol. The molecule has 0 saturated heterocycles. The molecular weight excluding hydrogens is 352 g/mol. The van der Waals surface area contributed by atoms with Gasteiger partial charge in [-0.1, -0.05) is 41.9 Å². The third-order valence-corrected chi connectivity index (χ3v) is 4.07. The van der Waals surface area contributed by atoms with Gasteiger partial charge in [0.2, 0.25) is 5.96 Å². The molecule has 0 aromatic heterocycles. The maximum atomic E-state index is 11.9. The van der Waals surface area contributed by atoms with Crippen LogP contribution in [-0.4, -0.2) is 20.3 Å². The fourth-order valence-electron chi connectivity index (χ4n) is 1.74. The molecule has 0 heterocycles. The third-order valence-electron chi connectivity index (χ3n) is 2.87. The second-order valence-electron chi connectivity index (χ2n) is 4.72. The van der Waals surface area contributed by atoms with Gasteiger partial charge in [-0.3, -0.25) is 10.1 Å². The zero-order chi connectivity index (χ0) is 17.6. The van der Waals surface area contributed by atoms with Crippen molar-refractivity contribution in [1.29, 1.82) is 0 Å². The Labute approximate surface area is 144 Å². The van der Waals surface area contributed by atoms with Gasteiger partial charge in [0.1, 0.15) is 0 Å². The number of carbonyl (C=O) groups excluding carboxylic acids is 1. The number of amides is 1. The fraction of sp³-hybridized carbons (Fsp3) is 0.0667. The average Bonchev–Trinajstić information content (AvgIpc) is 2.54. The first-order valence-electron chi connectivity index (χ1n) is 6.81. The Morgan fingerprint density at radius 1 is 1.08 bits per heavy atom. The van der Waals surface area contributed by atoms with E-state index in [1.54, 1.807) is 24.3 Å². The van der Waals surface area contributed by atoms with Crippen LogP contribution in [0.15, 0.2) is 59.0 Å². The van der Waals surface area contributed by atoms with Gasteiger partial charge in [0, 0.05) is 17.1 Å². The molecule has 0 bridgehead atoms. The molecular formula is C15H15ClN4O3S. The highest BCUT2D eigenvalue weighted by molar-refractivity contribution is 7.88. The highest BCUT2D eigenvalue weighted by atomic mass is 35.5. The van der Waals surface area contributed by atoms with Gasteiger partial charge in [-0.05, 0) is 29.8 Å². The summed E-state index contributed by atoms with van der Waals surface area (Å²) < 4.78 is 29.2. The van der Waals surface area contributed by atoms with Crippen molar-refractivity contribution in [3.8, 4) is 0 Å². The van der Waals surface area contributed by atoms with Crippen LogP contribution in [0, 0.1) is 0 Å². The van der Waals surface area contributed by atoms with Gasteiger partial charge in [0.25, 0.3) is 5.91 Å². The maximum Gasteiger partial charge on any atom is 0.323 e. The molecule has 1 amide bonds. The largest absolute Gasteiger partial charge is 0.369 e. The van der Waals surface area contributed by atoms with E-state index in [1.165, 1.54) is 24.3 Å². The number of hydrogen-bond acceptors (Lipinski definition) is 3. The number of carbonyl (C=O) groups is 1. The first-order valence-corrected chi connectivity index (χ1v) is 8.63. The van der Waals surface area contributed by atoms with Crippen LogP contribution >= 0.6 is 11.6 Å². The lowest BCUT2D eigenvalue weighted by molar-refractivity contribution is 0.0977. The lowest BCUT2D eigenvalue weighted by atomic mass is 10.2. The van der Waals surface area contributed by atoms with Gasteiger partial charge in [0.15, 0.2) is 0 Å². The van der Waals surface area contributed by atoms with E-state index >= 15 is 0 Å². The third kappa shape index (κ3) is 5.65. The minimum absolute atomic E-state index is 0.0606. The Hall–Kier alpha value is -2.42. The van der Waals surface area contributed by atoms with E-state index in [-0.39, 0.29) is 12.1 Å². The summed E-state index contributed by atoms with van der Waals surface area (Å²) in [5.41, 5.74) is 6.50. The van der Waals surface area contributed by atoms with Gasteiger partial charge in [-0.15, -0.1) is 4.40 Å². The minimum Gasteiger partial charge on any atom is -0.369 e. The van der Waals surface area contributed by atoms with Crippen LogP contribution in [0.5, 0.6) is 0 Å². The molecule has 0 atom stereocenters. The van der Waals surface area contributed by atoms with Gasteiger partial charge >= 0.3 is 10.2 Å². The number of nitrogens with one attached hydrogen (secondary N) is 2. The summed E-state index contributed by atoms with van der Waals surface area (Å²) >= 11 is 5.73. The second kappa shape index (κ2) is 7.91. The molecule has 0 aliphatic rings. The van der Waals surface area contributed by atoms with Crippen molar-refractivity contribution in [3.63, 3.8) is 0 Å². The van der Waals surface area contributed by atoms with Gasteiger partial charge < -0.3 is 5.73 Å². The van der Waals surface area contributed by atoms with Crippen LogP contribution in [0.4, 0.5) is 0 Å². The van der Waals surface area contributed by atoms with Crippen molar-refractivity contribution in [1.82, 2.24) is 10.0 Å². The summed E-state index contributed by atoms with van der Waals surface area (Å²) in [6.45, 7) is 0.0606. The van der Waals surface area contributed by atoms with Crippen LogP contribution in [0.25, 0.3) is 0 Å². The smallest absolute Gasteiger partial charge is 0.323 e. The van der Waals surface area contributed by atoms with E-state index in [1.807, 2.05) is 6.07 Å². The Morgan fingerprint density at radius 3 is 2.33 bits per heavy atom. The number of nitrogens with two attached hydrogens (primary N) is 1. The normalized spacial score (nSPS) is 12.0. The zero-order valence-corrected chi connectivity index (χ0v) is 14.0. The lowest BCUT2D eigenvalue weighted by Crippen LogP contribution is -2.38. The molecule has 2 aromatic carbocycles. The topological polar surface area (TPSA) is 114 Å². The van der Waals surface area contributed by atoms with E-state index in [0.717, 1.165) is 5.56 Å². The van der Waals surface area contributed by atoms with Gasteiger partial charge in [-0.25, -0.2) is 0 Å². The van der Waals surface area contributed by atoms with E-state index in [0.29, 0.717) is 5.02 Å².